The summed E-state index contributed by atoms with van der Waals surface area (Å²) in [7, 11) is 0. The van der Waals surface area contributed by atoms with Gasteiger partial charge in [0.1, 0.15) is 15.7 Å². The first-order valence-corrected chi connectivity index (χ1v) is 9.19. The van der Waals surface area contributed by atoms with Crippen LogP contribution in [0.4, 0.5) is 4.39 Å². The molecule has 27 heavy (non-hydrogen) atoms. The topological polar surface area (TPSA) is 77.2 Å². The summed E-state index contributed by atoms with van der Waals surface area (Å²) in [5, 5.41) is 3.28. The number of fused-ring (bicyclic) bond motifs is 1. The van der Waals surface area contributed by atoms with Crippen molar-refractivity contribution < 1.29 is 18.3 Å². The maximum absolute atomic E-state index is 13.9. The number of rotatable bonds is 4. The van der Waals surface area contributed by atoms with E-state index in [9.17, 15) is 9.18 Å². The lowest BCUT2D eigenvalue weighted by Gasteiger charge is -2.06. The number of amides is 1. The van der Waals surface area contributed by atoms with E-state index in [4.69, 9.17) is 21.4 Å². The maximum Gasteiger partial charge on any atom is 0.263 e. The van der Waals surface area contributed by atoms with Gasteiger partial charge in [-0.15, -0.1) is 0 Å². The van der Waals surface area contributed by atoms with Crippen LogP contribution in [0.3, 0.4) is 0 Å². The Morgan fingerprint density at radius 3 is 2.96 bits per heavy atom. The van der Waals surface area contributed by atoms with Crippen molar-refractivity contribution in [3.05, 3.63) is 47.2 Å². The molecule has 0 bridgehead atoms. The number of pyridine rings is 2. The molecule has 6 nitrogen and oxygen atoms in total. The molecule has 0 unspecified atom stereocenters. The number of furan rings is 1. The summed E-state index contributed by atoms with van der Waals surface area (Å²) in [6.45, 7) is 2.17. The van der Waals surface area contributed by atoms with Crippen molar-refractivity contribution in [1.82, 2.24) is 15.3 Å². The predicted molar refractivity (Wildman–Crippen MR) is 105 cm³/mol. The Hall–Kier alpha value is -2.78. The summed E-state index contributed by atoms with van der Waals surface area (Å²) < 4.78 is 25.5. The molecule has 9 heteroatoms. The third kappa shape index (κ3) is 3.56. The zero-order chi connectivity index (χ0) is 19.0. The van der Waals surface area contributed by atoms with E-state index < -0.39 is 5.95 Å². The Bertz CT molecular complexity index is 1110. The number of thiocarbonyl (C=S) groups is 1. The minimum absolute atomic E-state index is 0.186. The Labute approximate surface area is 162 Å². The summed E-state index contributed by atoms with van der Waals surface area (Å²) in [6.07, 6.45) is 4.83. The summed E-state index contributed by atoms with van der Waals surface area (Å²) in [5.74, 6) is -0.261. The lowest BCUT2D eigenvalue weighted by Crippen LogP contribution is -2.17. The zero-order valence-corrected chi connectivity index (χ0v) is 15.6. The van der Waals surface area contributed by atoms with Crippen molar-refractivity contribution in [1.29, 1.82) is 0 Å². The minimum atomic E-state index is -0.658. The van der Waals surface area contributed by atoms with E-state index in [1.807, 2.05) is 0 Å². The van der Waals surface area contributed by atoms with Crippen molar-refractivity contribution in [2.24, 2.45) is 0 Å². The normalized spacial score (nSPS) is 15.6. The number of nitrogens with zero attached hydrogens (tertiary/aromatic N) is 2. The Morgan fingerprint density at radius 2 is 2.22 bits per heavy atom. The van der Waals surface area contributed by atoms with Crippen molar-refractivity contribution in [2.45, 2.75) is 6.92 Å². The Morgan fingerprint density at radius 1 is 1.37 bits per heavy atom. The largest absolute Gasteiger partial charge is 0.478 e. The van der Waals surface area contributed by atoms with Gasteiger partial charge in [0.15, 0.2) is 0 Å². The maximum atomic E-state index is 13.9. The van der Waals surface area contributed by atoms with Crippen LogP contribution in [0.5, 0.6) is 5.88 Å². The summed E-state index contributed by atoms with van der Waals surface area (Å²) >= 11 is 6.15. The second-order valence-corrected chi connectivity index (χ2v) is 7.28. The number of thioether (sulfide) groups is 1. The molecule has 4 heterocycles. The van der Waals surface area contributed by atoms with Gasteiger partial charge in [0, 0.05) is 41.6 Å². The lowest BCUT2D eigenvalue weighted by atomic mass is 10.1. The van der Waals surface area contributed by atoms with Gasteiger partial charge in [0.05, 0.1) is 11.5 Å². The van der Waals surface area contributed by atoms with E-state index in [1.165, 1.54) is 17.8 Å². The van der Waals surface area contributed by atoms with E-state index in [0.717, 1.165) is 5.39 Å². The fourth-order valence-electron chi connectivity index (χ4n) is 2.66. The first-order valence-electron chi connectivity index (χ1n) is 7.96. The molecule has 3 aromatic rings. The fourth-order valence-corrected chi connectivity index (χ4v) is 3.68. The Balaban J connectivity index is 1.80. The van der Waals surface area contributed by atoms with Gasteiger partial charge in [-0.1, -0.05) is 24.0 Å². The van der Waals surface area contributed by atoms with Gasteiger partial charge in [-0.3, -0.25) is 9.78 Å². The summed E-state index contributed by atoms with van der Waals surface area (Å²) in [5.41, 5.74) is 1.65. The summed E-state index contributed by atoms with van der Waals surface area (Å²) in [6, 6.07) is 4.68. The standard InChI is InChI=1S/C18H12FN3O3S2/c1-2-24-15-5-9(4-14(19)21-15)12-8-20-7-10-3-11(25-16(10)12)6-13-17(23)22-18(26)27-13/h3-8H,2H2,1H3,(H,22,23,26)/b13-6+. The van der Waals surface area contributed by atoms with E-state index in [-0.39, 0.29) is 11.8 Å². The van der Waals surface area contributed by atoms with E-state index in [2.05, 4.69) is 15.3 Å². The highest BCUT2D eigenvalue weighted by molar-refractivity contribution is 8.26. The molecule has 0 spiro atoms. The molecule has 3 aromatic heterocycles. The fraction of sp³-hybridized carbons (Fsp3) is 0.111. The van der Waals surface area contributed by atoms with E-state index in [0.29, 0.717) is 38.3 Å². The van der Waals surface area contributed by atoms with Gasteiger partial charge in [-0.2, -0.15) is 9.37 Å². The monoisotopic (exact) mass is 401 g/mol. The Kier molecular flexibility index (Phi) is 4.63. The number of halogens is 1. The zero-order valence-electron chi connectivity index (χ0n) is 14.0. The molecule has 0 aromatic carbocycles. The molecule has 1 amide bonds. The van der Waals surface area contributed by atoms with Crippen LogP contribution in [0.25, 0.3) is 28.2 Å². The SMILES string of the molecule is CCOc1cc(-c2cncc3cc(/C=C4/SC(=S)NC4=O)oc23)cc(F)n1. The van der Waals surface area contributed by atoms with Crippen LogP contribution in [-0.4, -0.2) is 26.8 Å². The third-order valence-corrected chi connectivity index (χ3v) is 4.89. The highest BCUT2D eigenvalue weighted by Crippen LogP contribution is 2.33. The van der Waals surface area contributed by atoms with Gasteiger partial charge < -0.3 is 14.5 Å². The highest BCUT2D eigenvalue weighted by atomic mass is 32.2. The lowest BCUT2D eigenvalue weighted by molar-refractivity contribution is -0.115. The number of carbonyl (C=O) groups excluding carboxylic acids is 1. The van der Waals surface area contributed by atoms with Crippen molar-refractivity contribution in [3.63, 3.8) is 0 Å². The number of hydrogen-bond donors (Lipinski definition) is 1. The van der Waals surface area contributed by atoms with Crippen LogP contribution in [0.2, 0.25) is 0 Å². The smallest absolute Gasteiger partial charge is 0.263 e. The van der Waals surface area contributed by atoms with Crippen molar-refractivity contribution in [2.75, 3.05) is 6.61 Å². The number of nitrogens with one attached hydrogen (secondary N) is 1. The van der Waals surface area contributed by atoms with Gasteiger partial charge in [0.2, 0.25) is 11.8 Å². The predicted octanol–water partition coefficient (Wildman–Crippen LogP) is 3.92. The van der Waals surface area contributed by atoms with Crippen molar-refractivity contribution in [3.8, 4) is 17.0 Å². The van der Waals surface area contributed by atoms with Gasteiger partial charge in [-0.05, 0) is 18.6 Å². The molecule has 1 aliphatic heterocycles. The van der Waals surface area contributed by atoms with Gasteiger partial charge in [-0.25, -0.2) is 0 Å². The molecule has 1 saturated heterocycles. The molecule has 1 fully saturated rings. The molecule has 0 radical (unpaired) electrons. The number of hydrogen-bond acceptors (Lipinski definition) is 7. The molecule has 4 rings (SSSR count). The molecule has 136 valence electrons. The minimum Gasteiger partial charge on any atom is -0.478 e. The van der Waals surface area contributed by atoms with Crippen LogP contribution in [-0.2, 0) is 4.79 Å². The number of carbonyl (C=O) groups is 1. The quantitative estimate of drug-likeness (QED) is 0.403. The highest BCUT2D eigenvalue weighted by Gasteiger charge is 2.23. The van der Waals surface area contributed by atoms with Crippen molar-refractivity contribution >= 4 is 51.3 Å². The second kappa shape index (κ2) is 7.09. The first kappa shape index (κ1) is 17.6. The molecule has 0 aliphatic carbocycles. The molecule has 0 atom stereocenters. The molecular formula is C18H12FN3O3S2. The molecule has 0 saturated carbocycles. The number of aromatic nitrogens is 2. The molecule has 1 aliphatic rings. The molecular weight excluding hydrogens is 389 g/mol. The van der Waals surface area contributed by atoms with Gasteiger partial charge >= 0.3 is 0 Å². The summed E-state index contributed by atoms with van der Waals surface area (Å²) in [4.78, 5) is 20.2. The van der Waals surface area contributed by atoms with Crippen LogP contribution in [0, 0.1) is 5.95 Å². The van der Waals surface area contributed by atoms with Crippen LogP contribution in [0.1, 0.15) is 12.7 Å². The van der Waals surface area contributed by atoms with E-state index in [1.54, 1.807) is 37.5 Å². The first-order chi connectivity index (χ1) is 13.0. The number of ether oxygens (including phenoxy) is 1. The van der Waals surface area contributed by atoms with Crippen LogP contribution in [0.15, 0.2) is 39.9 Å². The second-order valence-electron chi connectivity index (χ2n) is 5.56. The molecule has 1 N–H and O–H groups in total. The van der Waals surface area contributed by atoms with Gasteiger partial charge in [0.25, 0.3) is 5.91 Å². The average Bonchev–Trinajstić information content (AvgIpc) is 3.16. The third-order valence-electron chi connectivity index (χ3n) is 3.73. The van der Waals surface area contributed by atoms with Crippen LogP contribution < -0.4 is 10.1 Å². The average molecular weight is 401 g/mol. The van der Waals surface area contributed by atoms with E-state index >= 15 is 0 Å². The van der Waals surface area contributed by atoms with Crippen LogP contribution >= 0.6 is 24.0 Å².